The number of carbonyl (C=O) groups excluding carboxylic acids is 1. The Balaban J connectivity index is 2.05. The first kappa shape index (κ1) is 17.7. The van der Waals surface area contributed by atoms with E-state index in [0.717, 1.165) is 0 Å². The molecule has 0 aromatic heterocycles. The third-order valence-electron chi connectivity index (χ3n) is 4.03. The predicted molar refractivity (Wildman–Crippen MR) is 90.4 cm³/mol. The number of esters is 1. The van der Waals surface area contributed by atoms with E-state index in [9.17, 15) is 4.79 Å². The second-order valence-electron chi connectivity index (χ2n) is 5.37. The first-order valence-corrected chi connectivity index (χ1v) is 8.48. The van der Waals surface area contributed by atoms with Crippen molar-refractivity contribution in [1.29, 1.82) is 0 Å². The van der Waals surface area contributed by atoms with Gasteiger partial charge in [0.15, 0.2) is 23.3 Å². The molecule has 0 N–H and O–H groups in total. The van der Waals surface area contributed by atoms with Crippen LogP contribution in [0.1, 0.15) is 25.5 Å². The Kier molecular flexibility index (Phi) is 4.94. The number of hydrogen-bond donors (Lipinski definition) is 0. The van der Waals surface area contributed by atoms with Crippen LogP contribution in [-0.4, -0.2) is 39.3 Å². The van der Waals surface area contributed by atoms with E-state index in [1.54, 1.807) is 6.92 Å². The third-order valence-corrected chi connectivity index (χ3v) is 4.82. The molecule has 0 saturated heterocycles. The van der Waals surface area contributed by atoms with Crippen molar-refractivity contribution in [1.82, 2.24) is 0 Å². The van der Waals surface area contributed by atoms with Gasteiger partial charge in [0.25, 0.3) is 0 Å². The van der Waals surface area contributed by atoms with Crippen LogP contribution in [-0.2, 0) is 14.4 Å². The summed E-state index contributed by atoms with van der Waals surface area (Å²) in [4.78, 5) is 17.6. The number of nitrogens with zero attached hydrogens (tertiary/aromatic N) is 1. The molecule has 2 aliphatic rings. The van der Waals surface area contributed by atoms with E-state index in [1.807, 2.05) is 6.92 Å². The van der Waals surface area contributed by atoms with Gasteiger partial charge in [-0.1, -0.05) is 12.1 Å². The summed E-state index contributed by atoms with van der Waals surface area (Å²) in [6.45, 7) is 3.90. The van der Waals surface area contributed by atoms with E-state index >= 15 is 0 Å². The number of ether oxygens (including phenoxy) is 5. The second-order valence-corrected chi connectivity index (χ2v) is 6.16. The minimum atomic E-state index is -0.577. The third kappa shape index (κ3) is 2.76. The molecule has 0 amide bonds. The molecular weight excluding hydrogens is 398 g/mol. The van der Waals surface area contributed by atoms with Crippen molar-refractivity contribution >= 4 is 27.6 Å². The van der Waals surface area contributed by atoms with Crippen LogP contribution < -0.4 is 18.9 Å². The van der Waals surface area contributed by atoms with Crippen molar-refractivity contribution in [3.8, 4) is 23.0 Å². The van der Waals surface area contributed by atoms with Gasteiger partial charge in [0.1, 0.15) is 0 Å². The lowest BCUT2D eigenvalue weighted by Crippen LogP contribution is -2.24. The van der Waals surface area contributed by atoms with Gasteiger partial charge in [0.2, 0.25) is 18.3 Å². The quantitative estimate of drug-likeness (QED) is 0.683. The van der Waals surface area contributed by atoms with Crippen LogP contribution in [0, 0.1) is 5.92 Å². The van der Waals surface area contributed by atoms with Gasteiger partial charge in [-0.3, -0.25) is 0 Å². The average Bonchev–Trinajstić information content (AvgIpc) is 3.22. The molecule has 2 atom stereocenters. The lowest BCUT2D eigenvalue weighted by molar-refractivity contribution is -0.135. The number of halogens is 1. The number of benzene rings is 1. The van der Waals surface area contributed by atoms with Gasteiger partial charge in [0, 0.05) is 0 Å². The number of carbonyl (C=O) groups is 1. The van der Waals surface area contributed by atoms with Crippen LogP contribution in [0.3, 0.4) is 0 Å². The fourth-order valence-corrected chi connectivity index (χ4v) is 3.56. The van der Waals surface area contributed by atoms with Crippen LogP contribution in [0.25, 0.3) is 0 Å². The molecule has 0 unspecified atom stereocenters. The molecule has 9 heteroatoms. The molecule has 2 aliphatic heterocycles. The van der Waals surface area contributed by atoms with Crippen LogP contribution >= 0.6 is 15.9 Å². The fraction of sp³-hybridized carbons (Fsp3) is 0.500. The molecule has 136 valence electrons. The van der Waals surface area contributed by atoms with E-state index in [2.05, 4.69) is 21.1 Å². The van der Waals surface area contributed by atoms with E-state index in [0.29, 0.717) is 33.0 Å². The molecule has 0 radical (unpaired) electrons. The minimum Gasteiger partial charge on any atom is -0.492 e. The average molecular weight is 416 g/mol. The number of rotatable bonds is 5. The second kappa shape index (κ2) is 6.99. The number of fused-ring (bicyclic) bond motifs is 1. The maximum absolute atomic E-state index is 12.0. The normalized spacial score (nSPS) is 20.8. The Morgan fingerprint density at radius 3 is 2.56 bits per heavy atom. The highest BCUT2D eigenvalue weighted by molar-refractivity contribution is 9.10. The molecule has 0 bridgehead atoms. The summed E-state index contributed by atoms with van der Waals surface area (Å²) in [5, 5.41) is 3.91. The zero-order valence-electron chi connectivity index (χ0n) is 14.3. The summed E-state index contributed by atoms with van der Waals surface area (Å²) in [5.41, 5.74) is 0.844. The highest BCUT2D eigenvalue weighted by atomic mass is 79.9. The molecule has 1 aromatic rings. The molecule has 8 nitrogen and oxygen atoms in total. The summed E-state index contributed by atoms with van der Waals surface area (Å²) in [7, 11) is 3.03. The van der Waals surface area contributed by atoms with Gasteiger partial charge in [0.05, 0.1) is 36.8 Å². The van der Waals surface area contributed by atoms with Gasteiger partial charge < -0.3 is 28.5 Å². The van der Waals surface area contributed by atoms with Crippen molar-refractivity contribution in [3.63, 3.8) is 0 Å². The lowest BCUT2D eigenvalue weighted by Gasteiger charge is -2.22. The summed E-state index contributed by atoms with van der Waals surface area (Å²) in [5.74, 6) is 0.916. The van der Waals surface area contributed by atoms with Crippen LogP contribution in [0.2, 0.25) is 0 Å². The van der Waals surface area contributed by atoms with E-state index in [-0.39, 0.29) is 25.0 Å². The lowest BCUT2D eigenvalue weighted by atomic mass is 9.92. The van der Waals surface area contributed by atoms with Crippen molar-refractivity contribution in [3.05, 3.63) is 10.0 Å². The number of methoxy groups -OCH3 is 2. The predicted octanol–water partition coefficient (Wildman–Crippen LogP) is 2.82. The molecule has 0 saturated carbocycles. The van der Waals surface area contributed by atoms with Crippen molar-refractivity contribution in [2.24, 2.45) is 11.1 Å². The Bertz CT molecular complexity index is 734. The topological polar surface area (TPSA) is 84.8 Å². The van der Waals surface area contributed by atoms with Gasteiger partial charge in [-0.25, -0.2) is 4.79 Å². The molecule has 2 heterocycles. The summed E-state index contributed by atoms with van der Waals surface area (Å²) < 4.78 is 27.6. The van der Waals surface area contributed by atoms with Crippen LogP contribution in [0.5, 0.6) is 23.0 Å². The summed E-state index contributed by atoms with van der Waals surface area (Å²) in [6.07, 6.45) is -0.577. The molecule has 0 aliphatic carbocycles. The molecule has 3 rings (SSSR count). The molecule has 0 fully saturated rings. The monoisotopic (exact) mass is 415 g/mol. The highest BCUT2D eigenvalue weighted by Gasteiger charge is 2.42. The molecule has 25 heavy (non-hydrogen) atoms. The minimum absolute atomic E-state index is 0.0720. The Hall–Kier alpha value is -2.16. The van der Waals surface area contributed by atoms with Gasteiger partial charge in [-0.05, 0) is 22.9 Å². The Morgan fingerprint density at radius 2 is 1.92 bits per heavy atom. The summed E-state index contributed by atoms with van der Waals surface area (Å²) >= 11 is 3.52. The largest absolute Gasteiger partial charge is 0.492 e. The maximum Gasteiger partial charge on any atom is 0.356 e. The smallest absolute Gasteiger partial charge is 0.356 e. The standard InChI is InChI=1S/C16H18BrNO7/c1-5-22-16(19)10-7(2)11(25-18-10)8-9(17)13-15(24-6-23-13)14(21-4)12(8)20-3/h7,11H,5-6H2,1-4H3/t7-,11-/m1/s1. The molecule has 1 aromatic carbocycles. The van der Waals surface area contributed by atoms with E-state index in [4.69, 9.17) is 28.5 Å². The first-order chi connectivity index (χ1) is 12.0. The molecular formula is C16H18BrNO7. The Morgan fingerprint density at radius 1 is 1.24 bits per heavy atom. The number of hydrogen-bond acceptors (Lipinski definition) is 8. The zero-order valence-corrected chi connectivity index (χ0v) is 15.8. The van der Waals surface area contributed by atoms with Gasteiger partial charge >= 0.3 is 5.97 Å². The van der Waals surface area contributed by atoms with Crippen molar-refractivity contribution in [2.75, 3.05) is 27.6 Å². The fourth-order valence-electron chi connectivity index (χ4n) is 2.86. The van der Waals surface area contributed by atoms with Crippen LogP contribution in [0.15, 0.2) is 9.63 Å². The van der Waals surface area contributed by atoms with E-state index in [1.165, 1.54) is 14.2 Å². The van der Waals surface area contributed by atoms with Crippen molar-refractivity contribution < 1.29 is 33.3 Å². The van der Waals surface area contributed by atoms with E-state index < -0.39 is 12.1 Å². The highest BCUT2D eigenvalue weighted by Crippen LogP contribution is 2.57. The van der Waals surface area contributed by atoms with Crippen LogP contribution in [0.4, 0.5) is 0 Å². The van der Waals surface area contributed by atoms with Gasteiger partial charge in [-0.2, -0.15) is 0 Å². The van der Waals surface area contributed by atoms with Crippen molar-refractivity contribution in [2.45, 2.75) is 20.0 Å². The molecule has 0 spiro atoms. The van der Waals surface area contributed by atoms with Gasteiger partial charge in [-0.15, -0.1) is 0 Å². The SMILES string of the molecule is CCOC(=O)C1=NO[C@@H](c2c(Br)c3c(c(OC)c2OC)OCO3)[C@@H]1C. The Labute approximate surface area is 153 Å². The first-order valence-electron chi connectivity index (χ1n) is 7.68. The maximum atomic E-state index is 12.0. The zero-order chi connectivity index (χ0) is 18.1. The summed E-state index contributed by atoms with van der Waals surface area (Å²) in [6, 6.07) is 0. The number of oxime groups is 1.